The van der Waals surface area contributed by atoms with Gasteiger partial charge in [-0.15, -0.1) is 11.8 Å². The molecular formula is C11H14BrNS. The average Bonchev–Trinajstić information content (AvgIpc) is 2.92. The third-order valence-corrected chi connectivity index (χ3v) is 4.07. The molecule has 0 unspecified atom stereocenters. The standard InChI is InChI=1S/C11H14BrNS/c12-9-3-4-11(10(13)7-9)14-6-5-8-1-2-8/h3-4,7-8H,1-2,5-6,13H2. The Morgan fingerprint density at radius 1 is 1.43 bits per heavy atom. The van der Waals surface area contributed by atoms with Crippen molar-refractivity contribution < 1.29 is 0 Å². The first-order valence-electron chi connectivity index (χ1n) is 4.93. The highest BCUT2D eigenvalue weighted by molar-refractivity contribution is 9.10. The summed E-state index contributed by atoms with van der Waals surface area (Å²) < 4.78 is 1.06. The molecule has 1 aliphatic rings. The van der Waals surface area contributed by atoms with E-state index < -0.39 is 0 Å². The van der Waals surface area contributed by atoms with Crippen molar-refractivity contribution in [1.29, 1.82) is 0 Å². The smallest absolute Gasteiger partial charge is 0.0463 e. The van der Waals surface area contributed by atoms with Crippen LogP contribution in [0.1, 0.15) is 19.3 Å². The highest BCUT2D eigenvalue weighted by Crippen LogP contribution is 2.36. The van der Waals surface area contributed by atoms with E-state index in [-0.39, 0.29) is 0 Å². The number of anilines is 1. The number of halogens is 1. The van der Waals surface area contributed by atoms with Crippen LogP contribution < -0.4 is 5.73 Å². The largest absolute Gasteiger partial charge is 0.398 e. The van der Waals surface area contributed by atoms with E-state index in [1.165, 1.54) is 29.9 Å². The number of rotatable bonds is 4. The molecular weight excluding hydrogens is 258 g/mol. The minimum absolute atomic E-state index is 0.889. The lowest BCUT2D eigenvalue weighted by Gasteiger charge is -2.05. The van der Waals surface area contributed by atoms with E-state index in [0.29, 0.717) is 0 Å². The van der Waals surface area contributed by atoms with Gasteiger partial charge in [0.15, 0.2) is 0 Å². The minimum Gasteiger partial charge on any atom is -0.398 e. The molecule has 0 heterocycles. The lowest BCUT2D eigenvalue weighted by Crippen LogP contribution is -1.89. The van der Waals surface area contributed by atoms with Crippen molar-refractivity contribution in [1.82, 2.24) is 0 Å². The number of benzene rings is 1. The molecule has 0 spiro atoms. The molecule has 0 radical (unpaired) electrons. The Balaban J connectivity index is 1.87. The summed E-state index contributed by atoms with van der Waals surface area (Å²) >= 11 is 5.29. The van der Waals surface area contributed by atoms with Crippen LogP contribution in [-0.2, 0) is 0 Å². The average molecular weight is 272 g/mol. The van der Waals surface area contributed by atoms with E-state index in [1.54, 1.807) is 0 Å². The fraction of sp³-hybridized carbons (Fsp3) is 0.455. The normalized spacial score (nSPS) is 15.8. The van der Waals surface area contributed by atoms with E-state index in [2.05, 4.69) is 28.1 Å². The van der Waals surface area contributed by atoms with Gasteiger partial charge in [-0.3, -0.25) is 0 Å². The van der Waals surface area contributed by atoms with Gasteiger partial charge in [0.05, 0.1) is 0 Å². The number of thioether (sulfide) groups is 1. The molecule has 0 bridgehead atoms. The van der Waals surface area contributed by atoms with Crippen molar-refractivity contribution in [2.24, 2.45) is 5.92 Å². The molecule has 0 aliphatic heterocycles. The van der Waals surface area contributed by atoms with Crippen LogP contribution in [0.5, 0.6) is 0 Å². The van der Waals surface area contributed by atoms with Crippen LogP contribution in [0, 0.1) is 5.92 Å². The number of hydrogen-bond donors (Lipinski definition) is 1. The van der Waals surface area contributed by atoms with Crippen LogP contribution in [-0.4, -0.2) is 5.75 Å². The zero-order valence-electron chi connectivity index (χ0n) is 8.00. The molecule has 0 atom stereocenters. The molecule has 1 saturated carbocycles. The predicted molar refractivity (Wildman–Crippen MR) is 66.6 cm³/mol. The second-order valence-corrected chi connectivity index (χ2v) is 5.82. The van der Waals surface area contributed by atoms with E-state index in [1.807, 2.05) is 17.8 Å². The van der Waals surface area contributed by atoms with Gasteiger partial charge in [-0.05, 0) is 36.3 Å². The van der Waals surface area contributed by atoms with Gasteiger partial charge in [-0.1, -0.05) is 28.8 Å². The van der Waals surface area contributed by atoms with Gasteiger partial charge in [0.2, 0.25) is 0 Å². The van der Waals surface area contributed by atoms with Gasteiger partial charge >= 0.3 is 0 Å². The van der Waals surface area contributed by atoms with Crippen LogP contribution >= 0.6 is 27.7 Å². The van der Waals surface area contributed by atoms with Crippen LogP contribution in [0.2, 0.25) is 0 Å². The van der Waals surface area contributed by atoms with Crippen molar-refractivity contribution in [3.05, 3.63) is 22.7 Å². The summed E-state index contributed by atoms with van der Waals surface area (Å²) in [4.78, 5) is 1.22. The number of nitrogens with two attached hydrogens (primary N) is 1. The molecule has 0 amide bonds. The molecule has 1 aromatic carbocycles. The van der Waals surface area contributed by atoms with Crippen LogP contribution in [0.25, 0.3) is 0 Å². The van der Waals surface area contributed by atoms with Gasteiger partial charge in [-0.2, -0.15) is 0 Å². The summed E-state index contributed by atoms with van der Waals surface area (Å²) in [5.74, 6) is 2.22. The second kappa shape index (κ2) is 4.58. The quantitative estimate of drug-likeness (QED) is 0.664. The Hall–Kier alpha value is -0.150. The first kappa shape index (κ1) is 10.4. The fourth-order valence-electron chi connectivity index (χ4n) is 1.39. The first-order chi connectivity index (χ1) is 6.75. The van der Waals surface area contributed by atoms with Crippen molar-refractivity contribution >= 4 is 33.4 Å². The molecule has 1 aliphatic carbocycles. The monoisotopic (exact) mass is 271 g/mol. The molecule has 1 fully saturated rings. The lowest BCUT2D eigenvalue weighted by atomic mass is 10.3. The molecule has 2 N–H and O–H groups in total. The Kier molecular flexibility index (Phi) is 3.39. The number of hydrogen-bond acceptors (Lipinski definition) is 2. The molecule has 14 heavy (non-hydrogen) atoms. The molecule has 76 valence electrons. The molecule has 3 heteroatoms. The van der Waals surface area contributed by atoms with Gasteiger partial charge in [0.1, 0.15) is 0 Å². The molecule has 1 nitrogen and oxygen atoms in total. The molecule has 2 rings (SSSR count). The summed E-state index contributed by atoms with van der Waals surface area (Å²) in [6, 6.07) is 6.12. The van der Waals surface area contributed by atoms with Crippen molar-refractivity contribution in [3.8, 4) is 0 Å². The predicted octanol–water partition coefficient (Wildman–Crippen LogP) is 3.92. The van der Waals surface area contributed by atoms with E-state index in [9.17, 15) is 0 Å². The zero-order chi connectivity index (χ0) is 9.97. The Morgan fingerprint density at radius 2 is 2.21 bits per heavy atom. The van der Waals surface area contributed by atoms with Crippen molar-refractivity contribution in [3.63, 3.8) is 0 Å². The van der Waals surface area contributed by atoms with E-state index in [0.717, 1.165) is 16.1 Å². The molecule has 0 saturated heterocycles. The van der Waals surface area contributed by atoms with Crippen LogP contribution in [0.15, 0.2) is 27.6 Å². The Bertz CT molecular complexity index is 323. The minimum atomic E-state index is 0.889. The summed E-state index contributed by atoms with van der Waals surface area (Å²) in [5, 5.41) is 0. The summed E-state index contributed by atoms with van der Waals surface area (Å²) in [7, 11) is 0. The fourth-order valence-corrected chi connectivity index (χ4v) is 2.83. The maximum Gasteiger partial charge on any atom is 0.0463 e. The SMILES string of the molecule is Nc1cc(Br)ccc1SCCC1CC1. The Morgan fingerprint density at radius 3 is 2.86 bits per heavy atom. The second-order valence-electron chi connectivity index (χ2n) is 3.76. The van der Waals surface area contributed by atoms with Gasteiger partial charge in [0, 0.05) is 15.1 Å². The van der Waals surface area contributed by atoms with E-state index >= 15 is 0 Å². The first-order valence-corrected chi connectivity index (χ1v) is 6.71. The maximum absolute atomic E-state index is 5.90. The van der Waals surface area contributed by atoms with Gasteiger partial charge in [-0.25, -0.2) is 0 Å². The maximum atomic E-state index is 5.90. The summed E-state index contributed by atoms with van der Waals surface area (Å²) in [6.07, 6.45) is 4.23. The third-order valence-electron chi connectivity index (χ3n) is 2.45. The van der Waals surface area contributed by atoms with Gasteiger partial charge < -0.3 is 5.73 Å². The summed E-state index contributed by atoms with van der Waals surface area (Å²) in [6.45, 7) is 0. The van der Waals surface area contributed by atoms with Crippen LogP contribution in [0.4, 0.5) is 5.69 Å². The van der Waals surface area contributed by atoms with Crippen molar-refractivity contribution in [2.75, 3.05) is 11.5 Å². The lowest BCUT2D eigenvalue weighted by molar-refractivity contribution is 0.809. The highest BCUT2D eigenvalue weighted by Gasteiger charge is 2.20. The van der Waals surface area contributed by atoms with E-state index in [4.69, 9.17) is 5.73 Å². The Labute approximate surface area is 97.6 Å². The number of nitrogen functional groups attached to an aromatic ring is 1. The molecule has 1 aromatic rings. The highest BCUT2D eigenvalue weighted by atomic mass is 79.9. The zero-order valence-corrected chi connectivity index (χ0v) is 10.4. The van der Waals surface area contributed by atoms with Crippen molar-refractivity contribution in [2.45, 2.75) is 24.2 Å². The topological polar surface area (TPSA) is 26.0 Å². The summed E-state index contributed by atoms with van der Waals surface area (Å²) in [5.41, 5.74) is 6.79. The molecule has 0 aromatic heterocycles. The third kappa shape index (κ3) is 2.92. The van der Waals surface area contributed by atoms with Crippen LogP contribution in [0.3, 0.4) is 0 Å². The van der Waals surface area contributed by atoms with Gasteiger partial charge in [0.25, 0.3) is 0 Å².